The molecule has 0 saturated carbocycles. The number of methoxy groups -OCH3 is 1. The van der Waals surface area contributed by atoms with E-state index >= 15 is 0 Å². The van der Waals surface area contributed by atoms with Crippen LogP contribution in [0.15, 0.2) is 72.3 Å². The number of hydrogen-bond donors (Lipinski definition) is 1. The van der Waals surface area contributed by atoms with Gasteiger partial charge < -0.3 is 14.6 Å². The van der Waals surface area contributed by atoms with Gasteiger partial charge in [0.2, 0.25) is 0 Å². The number of amides is 1. The molecule has 1 N–H and O–H groups in total. The third kappa shape index (κ3) is 4.85. The monoisotopic (exact) mass is 485 g/mol. The number of aryl methyl sites for hydroxylation is 2. The molecule has 0 aromatic heterocycles. The standard InChI is InChI=1S/C30H31NO5/c1-18(2)17-36-23-11-7-9-21(16-23)27-26(28(32)24-15-20(4)12-13-25(24)35-5)29(33)30(34)31(27)22-10-6-8-19(3)14-22/h6-16,18,27,32H,17H2,1-5H3/b28-26+. The van der Waals surface area contributed by atoms with Gasteiger partial charge in [-0.15, -0.1) is 0 Å². The maximum atomic E-state index is 13.5. The van der Waals surface area contributed by atoms with E-state index in [-0.39, 0.29) is 11.3 Å². The molecule has 3 aromatic carbocycles. The Morgan fingerprint density at radius 2 is 1.69 bits per heavy atom. The molecule has 4 rings (SSSR count). The van der Waals surface area contributed by atoms with E-state index in [1.165, 1.54) is 12.0 Å². The number of carbonyl (C=O) groups is 2. The van der Waals surface area contributed by atoms with Gasteiger partial charge in [0, 0.05) is 5.69 Å². The van der Waals surface area contributed by atoms with Gasteiger partial charge in [0.05, 0.1) is 30.9 Å². The molecule has 1 amide bonds. The van der Waals surface area contributed by atoms with Crippen molar-refractivity contribution in [2.45, 2.75) is 33.7 Å². The molecule has 6 nitrogen and oxygen atoms in total. The van der Waals surface area contributed by atoms with Crippen molar-refractivity contribution < 1.29 is 24.2 Å². The maximum absolute atomic E-state index is 13.5. The van der Waals surface area contributed by atoms with Crippen molar-refractivity contribution in [3.8, 4) is 11.5 Å². The Balaban J connectivity index is 1.94. The molecule has 1 atom stereocenters. The summed E-state index contributed by atoms with van der Waals surface area (Å²) in [5.41, 5.74) is 3.42. The molecule has 36 heavy (non-hydrogen) atoms. The summed E-state index contributed by atoms with van der Waals surface area (Å²) in [5.74, 6) is -0.358. The Bertz CT molecular complexity index is 1340. The smallest absolute Gasteiger partial charge is 0.300 e. The Labute approximate surface area is 211 Å². The predicted molar refractivity (Wildman–Crippen MR) is 140 cm³/mol. The Hall–Kier alpha value is -4.06. The minimum Gasteiger partial charge on any atom is -0.507 e. The highest BCUT2D eigenvalue weighted by atomic mass is 16.5. The van der Waals surface area contributed by atoms with Gasteiger partial charge in [-0.3, -0.25) is 14.5 Å². The van der Waals surface area contributed by atoms with Crippen molar-refractivity contribution in [1.29, 1.82) is 0 Å². The number of nitrogens with zero attached hydrogens (tertiary/aromatic N) is 1. The van der Waals surface area contributed by atoms with Crippen LogP contribution in [-0.4, -0.2) is 30.5 Å². The van der Waals surface area contributed by atoms with Gasteiger partial charge in [-0.25, -0.2) is 0 Å². The van der Waals surface area contributed by atoms with Gasteiger partial charge in [-0.1, -0.05) is 49.7 Å². The lowest BCUT2D eigenvalue weighted by molar-refractivity contribution is -0.132. The molecule has 1 saturated heterocycles. The summed E-state index contributed by atoms with van der Waals surface area (Å²) >= 11 is 0. The number of ketones is 1. The summed E-state index contributed by atoms with van der Waals surface area (Å²) < 4.78 is 11.4. The minimum absolute atomic E-state index is 0.00594. The lowest BCUT2D eigenvalue weighted by Gasteiger charge is -2.26. The molecule has 1 unspecified atom stereocenters. The van der Waals surface area contributed by atoms with E-state index in [1.54, 1.807) is 18.2 Å². The van der Waals surface area contributed by atoms with Gasteiger partial charge >= 0.3 is 0 Å². The van der Waals surface area contributed by atoms with Crippen LogP contribution in [-0.2, 0) is 9.59 Å². The van der Waals surface area contributed by atoms with Crippen LogP contribution in [0.5, 0.6) is 11.5 Å². The van der Waals surface area contributed by atoms with E-state index in [1.807, 2.05) is 62.4 Å². The van der Waals surface area contributed by atoms with Crippen LogP contribution < -0.4 is 14.4 Å². The van der Waals surface area contributed by atoms with Gasteiger partial charge in [-0.2, -0.15) is 0 Å². The lowest BCUT2D eigenvalue weighted by Crippen LogP contribution is -2.29. The highest BCUT2D eigenvalue weighted by molar-refractivity contribution is 6.51. The highest BCUT2D eigenvalue weighted by Gasteiger charge is 2.47. The number of aliphatic hydroxyl groups excluding tert-OH is 1. The zero-order chi connectivity index (χ0) is 26.0. The van der Waals surface area contributed by atoms with Crippen molar-refractivity contribution >= 4 is 23.1 Å². The van der Waals surface area contributed by atoms with Crippen molar-refractivity contribution in [2.75, 3.05) is 18.6 Å². The van der Waals surface area contributed by atoms with Crippen LogP contribution in [0.2, 0.25) is 0 Å². The molecule has 3 aromatic rings. The van der Waals surface area contributed by atoms with E-state index in [4.69, 9.17) is 9.47 Å². The number of aliphatic hydroxyl groups is 1. The Morgan fingerprint density at radius 1 is 0.972 bits per heavy atom. The first-order chi connectivity index (χ1) is 17.2. The van der Waals surface area contributed by atoms with Crippen LogP contribution in [0.25, 0.3) is 5.76 Å². The summed E-state index contributed by atoms with van der Waals surface area (Å²) in [6, 6.07) is 19.2. The zero-order valence-electron chi connectivity index (χ0n) is 21.2. The number of carbonyl (C=O) groups excluding carboxylic acids is 2. The number of benzene rings is 3. The molecule has 1 aliphatic rings. The summed E-state index contributed by atoms with van der Waals surface area (Å²) in [5, 5.41) is 11.5. The molecular formula is C30H31NO5. The minimum atomic E-state index is -0.848. The normalized spacial score (nSPS) is 17.1. The maximum Gasteiger partial charge on any atom is 0.300 e. The van der Waals surface area contributed by atoms with Crippen LogP contribution in [0.1, 0.15) is 42.1 Å². The number of Topliss-reactive ketones (excluding diaryl/α,β-unsaturated/α-hetero) is 1. The molecule has 1 fully saturated rings. The zero-order valence-corrected chi connectivity index (χ0v) is 21.2. The SMILES string of the molecule is COc1ccc(C)cc1/C(O)=C1\C(=O)C(=O)N(c2cccc(C)c2)C1c1cccc(OCC(C)C)c1. The van der Waals surface area contributed by atoms with Crippen LogP contribution in [0.3, 0.4) is 0 Å². The van der Waals surface area contributed by atoms with E-state index in [9.17, 15) is 14.7 Å². The molecular weight excluding hydrogens is 454 g/mol. The summed E-state index contributed by atoms with van der Waals surface area (Å²) in [6.07, 6.45) is 0. The van der Waals surface area contributed by atoms with E-state index in [0.29, 0.717) is 40.8 Å². The number of ether oxygens (including phenoxy) is 2. The lowest BCUT2D eigenvalue weighted by atomic mass is 9.94. The molecule has 6 heteroatoms. The fraction of sp³-hybridized carbons (Fsp3) is 0.267. The molecule has 0 spiro atoms. The van der Waals surface area contributed by atoms with Crippen molar-refractivity contribution in [3.63, 3.8) is 0 Å². The van der Waals surface area contributed by atoms with Gasteiger partial charge in [-0.05, 0) is 67.3 Å². The molecule has 186 valence electrons. The van der Waals surface area contributed by atoms with Crippen molar-refractivity contribution in [2.24, 2.45) is 5.92 Å². The van der Waals surface area contributed by atoms with Crippen LogP contribution >= 0.6 is 0 Å². The van der Waals surface area contributed by atoms with Gasteiger partial charge in [0.25, 0.3) is 11.7 Å². The summed E-state index contributed by atoms with van der Waals surface area (Å²) in [7, 11) is 1.50. The number of rotatable bonds is 7. The number of anilines is 1. The topological polar surface area (TPSA) is 76.1 Å². The third-order valence-corrected chi connectivity index (χ3v) is 6.09. The quantitative estimate of drug-likeness (QED) is 0.253. The van der Waals surface area contributed by atoms with E-state index in [2.05, 4.69) is 13.8 Å². The average Bonchev–Trinajstić information content (AvgIpc) is 3.12. The second kappa shape index (κ2) is 10.3. The first-order valence-corrected chi connectivity index (χ1v) is 12.0. The second-order valence-electron chi connectivity index (χ2n) is 9.49. The van der Waals surface area contributed by atoms with Crippen LogP contribution in [0.4, 0.5) is 5.69 Å². The Morgan fingerprint density at radius 3 is 2.39 bits per heavy atom. The first kappa shape index (κ1) is 25.0. The van der Waals surface area contributed by atoms with Gasteiger partial charge in [0.1, 0.15) is 17.3 Å². The fourth-order valence-corrected chi connectivity index (χ4v) is 4.38. The van der Waals surface area contributed by atoms with Crippen LogP contribution in [0, 0.1) is 19.8 Å². The van der Waals surface area contributed by atoms with Gasteiger partial charge in [0.15, 0.2) is 0 Å². The van der Waals surface area contributed by atoms with Crippen molar-refractivity contribution in [1.82, 2.24) is 0 Å². The average molecular weight is 486 g/mol. The summed E-state index contributed by atoms with van der Waals surface area (Å²) in [4.78, 5) is 28.4. The molecule has 0 aliphatic carbocycles. The largest absolute Gasteiger partial charge is 0.507 e. The number of hydrogen-bond acceptors (Lipinski definition) is 5. The molecule has 0 bridgehead atoms. The molecule has 0 radical (unpaired) electrons. The predicted octanol–water partition coefficient (Wildman–Crippen LogP) is 5.97. The van der Waals surface area contributed by atoms with Crippen molar-refractivity contribution in [3.05, 3.63) is 94.6 Å². The summed E-state index contributed by atoms with van der Waals surface area (Å²) in [6.45, 7) is 8.46. The second-order valence-corrected chi connectivity index (χ2v) is 9.49. The molecule has 1 heterocycles. The fourth-order valence-electron chi connectivity index (χ4n) is 4.38. The molecule has 1 aliphatic heterocycles. The first-order valence-electron chi connectivity index (χ1n) is 12.0. The van der Waals surface area contributed by atoms with E-state index in [0.717, 1.165) is 11.1 Å². The van der Waals surface area contributed by atoms with E-state index < -0.39 is 17.7 Å². The third-order valence-electron chi connectivity index (χ3n) is 6.09. The highest BCUT2D eigenvalue weighted by Crippen LogP contribution is 2.44. The Kier molecular flexibility index (Phi) is 7.15.